The largest absolute Gasteiger partial charge is 0.393 e. The second-order valence-electron chi connectivity index (χ2n) is 6.44. The molecule has 2 aliphatic rings. The van der Waals surface area contributed by atoms with Crippen molar-refractivity contribution in [2.24, 2.45) is 5.92 Å². The fraction of sp³-hybridized carbons (Fsp3) is 0.588. The monoisotopic (exact) mass is 306 g/mol. The summed E-state index contributed by atoms with van der Waals surface area (Å²) in [7, 11) is 1.93. The van der Waals surface area contributed by atoms with Gasteiger partial charge in [0.2, 0.25) is 5.91 Å². The fourth-order valence-corrected chi connectivity index (χ4v) is 3.71. The summed E-state index contributed by atoms with van der Waals surface area (Å²) in [6.45, 7) is 1.27. The molecular formula is C17H23FN2O2. The van der Waals surface area contributed by atoms with Crippen LogP contribution in [0.1, 0.15) is 25.7 Å². The smallest absolute Gasteiger partial charge is 0.244 e. The Balaban J connectivity index is 1.67. The summed E-state index contributed by atoms with van der Waals surface area (Å²) in [5, 5.41) is 9.94. The maximum atomic E-state index is 13.9. The molecule has 3 unspecified atom stereocenters. The van der Waals surface area contributed by atoms with Gasteiger partial charge in [0.15, 0.2) is 0 Å². The molecule has 1 saturated carbocycles. The van der Waals surface area contributed by atoms with Crippen LogP contribution in [0.15, 0.2) is 24.3 Å². The van der Waals surface area contributed by atoms with Gasteiger partial charge in [0.1, 0.15) is 5.82 Å². The summed E-state index contributed by atoms with van der Waals surface area (Å²) in [6.07, 6.45) is 3.38. The van der Waals surface area contributed by atoms with Crippen molar-refractivity contribution < 1.29 is 14.3 Å². The van der Waals surface area contributed by atoms with Gasteiger partial charge in [-0.1, -0.05) is 18.6 Å². The van der Waals surface area contributed by atoms with Gasteiger partial charge in [-0.25, -0.2) is 4.39 Å². The molecule has 120 valence electrons. The Labute approximate surface area is 130 Å². The van der Waals surface area contributed by atoms with Crippen LogP contribution in [0.25, 0.3) is 0 Å². The molecule has 0 bridgehead atoms. The number of carbonyl (C=O) groups excluding carboxylic acids is 1. The minimum atomic E-state index is -0.356. The molecule has 1 heterocycles. The number of anilines is 1. The van der Waals surface area contributed by atoms with Gasteiger partial charge in [-0.2, -0.15) is 0 Å². The van der Waals surface area contributed by atoms with Crippen molar-refractivity contribution >= 4 is 11.6 Å². The molecule has 4 nitrogen and oxygen atoms in total. The number of carbonyl (C=O) groups is 1. The summed E-state index contributed by atoms with van der Waals surface area (Å²) >= 11 is 0. The van der Waals surface area contributed by atoms with Crippen molar-refractivity contribution in [3.8, 4) is 0 Å². The van der Waals surface area contributed by atoms with Crippen LogP contribution < -0.4 is 4.90 Å². The van der Waals surface area contributed by atoms with E-state index in [1.807, 2.05) is 11.9 Å². The molecule has 0 spiro atoms. The Hall–Kier alpha value is -1.46. The molecule has 0 aromatic heterocycles. The van der Waals surface area contributed by atoms with Gasteiger partial charge in [0.05, 0.1) is 17.8 Å². The third kappa shape index (κ3) is 2.88. The second-order valence-corrected chi connectivity index (χ2v) is 6.44. The first-order chi connectivity index (χ1) is 10.6. The highest BCUT2D eigenvalue weighted by Crippen LogP contribution is 2.29. The van der Waals surface area contributed by atoms with E-state index in [9.17, 15) is 14.3 Å². The van der Waals surface area contributed by atoms with Crippen molar-refractivity contribution in [3.63, 3.8) is 0 Å². The summed E-state index contributed by atoms with van der Waals surface area (Å²) in [5.41, 5.74) is 0.365. The molecular weight excluding hydrogens is 283 g/mol. The summed E-state index contributed by atoms with van der Waals surface area (Å²) < 4.78 is 13.9. The van der Waals surface area contributed by atoms with E-state index in [2.05, 4.69) is 0 Å². The highest BCUT2D eigenvalue weighted by atomic mass is 19.1. The first-order valence-corrected chi connectivity index (χ1v) is 8.02. The van der Waals surface area contributed by atoms with Gasteiger partial charge >= 0.3 is 0 Å². The minimum absolute atomic E-state index is 0.0416. The zero-order chi connectivity index (χ0) is 15.7. The van der Waals surface area contributed by atoms with Crippen molar-refractivity contribution in [1.82, 2.24) is 4.90 Å². The lowest BCUT2D eigenvalue weighted by Crippen LogP contribution is -2.43. The zero-order valence-corrected chi connectivity index (χ0v) is 12.9. The van der Waals surface area contributed by atoms with Crippen LogP contribution in [0.2, 0.25) is 0 Å². The molecule has 5 heteroatoms. The molecule has 1 N–H and O–H groups in total. The predicted molar refractivity (Wildman–Crippen MR) is 83.1 cm³/mol. The van der Waals surface area contributed by atoms with E-state index < -0.39 is 0 Å². The summed E-state index contributed by atoms with van der Waals surface area (Å²) in [4.78, 5) is 16.2. The molecule has 3 atom stereocenters. The van der Waals surface area contributed by atoms with Gasteiger partial charge in [0.25, 0.3) is 0 Å². The average molecular weight is 306 g/mol. The minimum Gasteiger partial charge on any atom is -0.393 e. The van der Waals surface area contributed by atoms with Gasteiger partial charge in [-0.05, 0) is 44.4 Å². The molecule has 1 aromatic rings. The number of nitrogens with zero attached hydrogens (tertiary/aromatic N) is 2. The van der Waals surface area contributed by atoms with Crippen LogP contribution in [-0.4, -0.2) is 48.2 Å². The number of hydrogen-bond donors (Lipinski definition) is 1. The topological polar surface area (TPSA) is 43.8 Å². The van der Waals surface area contributed by atoms with Crippen molar-refractivity contribution in [2.75, 3.05) is 25.0 Å². The first kappa shape index (κ1) is 15.4. The number of aliphatic hydroxyl groups excluding tert-OH is 1. The molecule has 22 heavy (non-hydrogen) atoms. The maximum Gasteiger partial charge on any atom is 0.244 e. The number of para-hydroxylation sites is 1. The van der Waals surface area contributed by atoms with Crippen LogP contribution in [0.3, 0.4) is 0 Å². The van der Waals surface area contributed by atoms with Gasteiger partial charge < -0.3 is 10.0 Å². The fourth-order valence-electron chi connectivity index (χ4n) is 3.71. The number of rotatable bonds is 4. The van der Waals surface area contributed by atoms with E-state index in [1.165, 1.54) is 6.07 Å². The third-order valence-electron chi connectivity index (χ3n) is 4.99. The Bertz CT molecular complexity index is 551. The Morgan fingerprint density at radius 1 is 1.32 bits per heavy atom. The molecule has 0 radical (unpaired) electrons. The van der Waals surface area contributed by atoms with E-state index in [-0.39, 0.29) is 29.8 Å². The first-order valence-electron chi connectivity index (χ1n) is 8.02. The highest BCUT2D eigenvalue weighted by molar-refractivity contribution is 5.99. The van der Waals surface area contributed by atoms with Crippen LogP contribution in [0.5, 0.6) is 0 Å². The number of benzene rings is 1. The number of halogens is 1. The SMILES string of the molecule is CN(CC1CCCC1O)C1CCN(c2ccccc2F)C1=O. The summed E-state index contributed by atoms with van der Waals surface area (Å²) in [5.74, 6) is -0.147. The molecule has 1 aromatic carbocycles. The lowest BCUT2D eigenvalue weighted by Gasteiger charge is -2.27. The zero-order valence-electron chi connectivity index (χ0n) is 12.9. The predicted octanol–water partition coefficient (Wildman–Crippen LogP) is 2.02. The van der Waals surface area contributed by atoms with Crippen molar-refractivity contribution in [3.05, 3.63) is 30.1 Å². The second kappa shape index (κ2) is 6.34. The van der Waals surface area contributed by atoms with Gasteiger partial charge in [0, 0.05) is 13.1 Å². The molecule has 1 amide bonds. The van der Waals surface area contributed by atoms with Crippen LogP contribution in [0.4, 0.5) is 10.1 Å². The number of hydrogen-bond acceptors (Lipinski definition) is 3. The summed E-state index contributed by atoms with van der Waals surface area (Å²) in [6, 6.07) is 6.19. The third-order valence-corrected chi connectivity index (χ3v) is 4.99. The van der Waals surface area contributed by atoms with Crippen molar-refractivity contribution in [2.45, 2.75) is 37.8 Å². The van der Waals surface area contributed by atoms with E-state index >= 15 is 0 Å². The molecule has 1 saturated heterocycles. The lowest BCUT2D eigenvalue weighted by molar-refractivity contribution is -0.121. The van der Waals surface area contributed by atoms with E-state index in [1.54, 1.807) is 23.1 Å². The Morgan fingerprint density at radius 3 is 2.77 bits per heavy atom. The van der Waals surface area contributed by atoms with Crippen molar-refractivity contribution in [1.29, 1.82) is 0 Å². The van der Waals surface area contributed by atoms with E-state index in [0.29, 0.717) is 18.7 Å². The van der Waals surface area contributed by atoms with E-state index in [4.69, 9.17) is 0 Å². The molecule has 1 aliphatic carbocycles. The normalized spacial score (nSPS) is 28.8. The maximum absolute atomic E-state index is 13.9. The van der Waals surface area contributed by atoms with Crippen LogP contribution in [0, 0.1) is 11.7 Å². The molecule has 1 aliphatic heterocycles. The quantitative estimate of drug-likeness (QED) is 0.925. The van der Waals surface area contributed by atoms with Crippen LogP contribution in [-0.2, 0) is 4.79 Å². The van der Waals surface area contributed by atoms with Gasteiger partial charge in [-0.3, -0.25) is 9.69 Å². The number of likely N-dealkylation sites (N-methyl/N-ethyl adjacent to an activating group) is 1. The molecule has 2 fully saturated rings. The number of aliphatic hydroxyl groups is 1. The van der Waals surface area contributed by atoms with Gasteiger partial charge in [-0.15, -0.1) is 0 Å². The lowest BCUT2D eigenvalue weighted by atomic mass is 10.0. The average Bonchev–Trinajstić information content (AvgIpc) is 3.06. The van der Waals surface area contributed by atoms with Crippen LogP contribution >= 0.6 is 0 Å². The van der Waals surface area contributed by atoms with E-state index in [0.717, 1.165) is 25.8 Å². The Morgan fingerprint density at radius 2 is 2.09 bits per heavy atom. The Kier molecular flexibility index (Phi) is 4.45. The standard InChI is InChI=1S/C17H23FN2O2/c1-19(11-12-5-4-8-16(12)21)15-9-10-20(17(15)22)14-7-3-2-6-13(14)18/h2-3,6-7,12,15-16,21H,4-5,8-11H2,1H3. The molecule has 3 rings (SSSR count). The number of amides is 1. The highest BCUT2D eigenvalue weighted by Gasteiger charge is 2.38.